The van der Waals surface area contributed by atoms with Crippen molar-refractivity contribution in [3.63, 3.8) is 0 Å². The van der Waals surface area contributed by atoms with Crippen molar-refractivity contribution in [2.45, 2.75) is 0 Å². The fourth-order valence-electron chi connectivity index (χ4n) is 0.976. The van der Waals surface area contributed by atoms with Gasteiger partial charge in [-0.15, -0.1) is 6.58 Å². The second-order valence-corrected chi connectivity index (χ2v) is 2.50. The van der Waals surface area contributed by atoms with Crippen LogP contribution in [0.1, 0.15) is 0 Å². The van der Waals surface area contributed by atoms with Crippen molar-refractivity contribution in [2.75, 3.05) is 11.9 Å². The van der Waals surface area contributed by atoms with E-state index in [1.165, 1.54) is 12.3 Å². The van der Waals surface area contributed by atoms with Gasteiger partial charge in [-0.05, 0) is 6.07 Å². The molecule has 6 heteroatoms. The second-order valence-electron chi connectivity index (χ2n) is 2.50. The zero-order valence-corrected chi connectivity index (χ0v) is 7.32. The Morgan fingerprint density at radius 3 is 3.00 bits per heavy atom. The number of pyridine rings is 1. The van der Waals surface area contributed by atoms with Gasteiger partial charge in [0.15, 0.2) is 0 Å². The summed E-state index contributed by atoms with van der Waals surface area (Å²) in [7, 11) is 0. The lowest BCUT2D eigenvalue weighted by atomic mass is 10.3. The monoisotopic (exact) mass is 195 g/mol. The van der Waals surface area contributed by atoms with Crippen molar-refractivity contribution in [2.24, 2.45) is 0 Å². The van der Waals surface area contributed by atoms with Crippen LogP contribution in [0.15, 0.2) is 29.7 Å². The van der Waals surface area contributed by atoms with Crippen LogP contribution in [0, 0.1) is 10.1 Å². The highest BCUT2D eigenvalue weighted by Crippen LogP contribution is 2.17. The molecule has 0 saturated carbocycles. The quantitative estimate of drug-likeness (QED) is 0.424. The number of H-pyrrole nitrogens is 1. The Hall–Kier alpha value is -2.11. The summed E-state index contributed by atoms with van der Waals surface area (Å²) in [5.74, 6) is 0. The number of hydrogen-bond donors (Lipinski definition) is 2. The summed E-state index contributed by atoms with van der Waals surface area (Å²) in [6.07, 6.45) is 2.89. The number of anilines is 1. The van der Waals surface area contributed by atoms with Crippen LogP contribution in [0.3, 0.4) is 0 Å². The first-order valence-electron chi connectivity index (χ1n) is 3.87. The van der Waals surface area contributed by atoms with Crippen LogP contribution in [-0.2, 0) is 0 Å². The van der Waals surface area contributed by atoms with Gasteiger partial charge in [0.2, 0.25) is 0 Å². The van der Waals surface area contributed by atoms with Gasteiger partial charge in [0.05, 0.1) is 4.92 Å². The van der Waals surface area contributed by atoms with E-state index in [-0.39, 0.29) is 5.69 Å². The Bertz CT molecular complexity index is 411. The van der Waals surface area contributed by atoms with E-state index in [4.69, 9.17) is 0 Å². The van der Waals surface area contributed by atoms with Gasteiger partial charge in [-0.25, -0.2) is 0 Å². The van der Waals surface area contributed by atoms with Gasteiger partial charge in [0.25, 0.3) is 0 Å². The Morgan fingerprint density at radius 2 is 2.43 bits per heavy atom. The Morgan fingerprint density at radius 1 is 1.71 bits per heavy atom. The van der Waals surface area contributed by atoms with Gasteiger partial charge in [0, 0.05) is 12.7 Å². The molecule has 1 rings (SSSR count). The largest absolute Gasteiger partial charge is 0.376 e. The van der Waals surface area contributed by atoms with Gasteiger partial charge in [0.1, 0.15) is 5.69 Å². The predicted octanol–water partition coefficient (Wildman–Crippen LogP) is 0.881. The fourth-order valence-corrected chi connectivity index (χ4v) is 0.976. The number of hydrogen-bond acceptors (Lipinski definition) is 4. The molecule has 0 spiro atoms. The number of nitro groups is 1. The Labute approximate surface area is 79.4 Å². The number of aromatic nitrogens is 1. The molecule has 2 N–H and O–H groups in total. The molecular formula is C8H9N3O3. The molecule has 74 valence electrons. The van der Waals surface area contributed by atoms with Crippen molar-refractivity contribution in [1.29, 1.82) is 0 Å². The Balaban J connectivity index is 3.14. The maximum absolute atomic E-state index is 11.1. The number of rotatable bonds is 4. The minimum Gasteiger partial charge on any atom is -0.376 e. The third-order valence-electron chi connectivity index (χ3n) is 1.55. The van der Waals surface area contributed by atoms with E-state index in [1.54, 1.807) is 6.08 Å². The molecule has 0 unspecified atom stereocenters. The van der Waals surface area contributed by atoms with Crippen molar-refractivity contribution >= 4 is 11.4 Å². The van der Waals surface area contributed by atoms with Crippen LogP contribution >= 0.6 is 0 Å². The maximum Gasteiger partial charge on any atom is 0.356 e. The van der Waals surface area contributed by atoms with Gasteiger partial charge >= 0.3 is 11.2 Å². The maximum atomic E-state index is 11.1. The molecule has 0 fully saturated rings. The topological polar surface area (TPSA) is 88.0 Å². The van der Waals surface area contributed by atoms with Gasteiger partial charge in [-0.1, -0.05) is 6.08 Å². The molecule has 0 bridgehead atoms. The molecule has 1 aromatic rings. The molecule has 6 nitrogen and oxygen atoms in total. The smallest absolute Gasteiger partial charge is 0.356 e. The number of nitrogens with one attached hydrogen (secondary N) is 2. The highest BCUT2D eigenvalue weighted by atomic mass is 16.6. The van der Waals surface area contributed by atoms with E-state index in [9.17, 15) is 14.9 Å². The first kappa shape index (κ1) is 9.97. The second kappa shape index (κ2) is 4.22. The first-order valence-corrected chi connectivity index (χ1v) is 3.87. The fraction of sp³-hybridized carbons (Fsp3) is 0.125. The molecule has 0 saturated heterocycles. The summed E-state index contributed by atoms with van der Waals surface area (Å²) in [6, 6.07) is 1.43. The van der Waals surface area contributed by atoms with Crippen LogP contribution in [0.5, 0.6) is 0 Å². The van der Waals surface area contributed by atoms with Crippen LogP contribution in [-0.4, -0.2) is 16.5 Å². The van der Waals surface area contributed by atoms with Crippen molar-refractivity contribution < 1.29 is 4.92 Å². The SMILES string of the molecule is C=CCNc1cc[nH]c(=O)c1[N+](=O)[O-]. The summed E-state index contributed by atoms with van der Waals surface area (Å²) in [4.78, 5) is 23.1. The van der Waals surface area contributed by atoms with Crippen LogP contribution in [0.4, 0.5) is 11.4 Å². The molecule has 14 heavy (non-hydrogen) atoms. The van der Waals surface area contributed by atoms with Crippen molar-refractivity contribution in [3.05, 3.63) is 45.4 Å². The average Bonchev–Trinajstić information content (AvgIpc) is 2.14. The van der Waals surface area contributed by atoms with Gasteiger partial charge in [-0.3, -0.25) is 14.9 Å². The van der Waals surface area contributed by atoms with E-state index in [0.717, 1.165) is 0 Å². The molecule has 0 aromatic carbocycles. The van der Waals surface area contributed by atoms with Crippen LogP contribution in [0.25, 0.3) is 0 Å². The van der Waals surface area contributed by atoms with Crippen molar-refractivity contribution in [3.8, 4) is 0 Å². The molecule has 0 amide bonds. The first-order chi connectivity index (χ1) is 6.66. The Kier molecular flexibility index (Phi) is 3.01. The lowest BCUT2D eigenvalue weighted by molar-refractivity contribution is -0.385. The summed E-state index contributed by atoms with van der Waals surface area (Å²) < 4.78 is 0. The van der Waals surface area contributed by atoms with Crippen LogP contribution < -0.4 is 10.9 Å². The van der Waals surface area contributed by atoms with Gasteiger partial charge in [-0.2, -0.15) is 0 Å². The highest BCUT2D eigenvalue weighted by molar-refractivity contribution is 5.59. The van der Waals surface area contributed by atoms with Crippen molar-refractivity contribution in [1.82, 2.24) is 4.98 Å². The molecule has 0 aliphatic rings. The van der Waals surface area contributed by atoms with E-state index in [1.807, 2.05) is 0 Å². The van der Waals surface area contributed by atoms with Gasteiger partial charge < -0.3 is 10.3 Å². The molecule has 0 atom stereocenters. The predicted molar refractivity (Wildman–Crippen MR) is 52.4 cm³/mol. The van der Waals surface area contributed by atoms with E-state index >= 15 is 0 Å². The minimum absolute atomic E-state index is 0.193. The zero-order valence-electron chi connectivity index (χ0n) is 7.32. The average molecular weight is 195 g/mol. The molecule has 1 heterocycles. The summed E-state index contributed by atoms with van der Waals surface area (Å²) in [5.41, 5.74) is -1.00. The molecule has 0 aliphatic heterocycles. The van der Waals surface area contributed by atoms with E-state index < -0.39 is 16.2 Å². The normalized spacial score (nSPS) is 9.43. The molecule has 0 aliphatic carbocycles. The van der Waals surface area contributed by atoms with Crippen LogP contribution in [0.2, 0.25) is 0 Å². The summed E-state index contributed by atoms with van der Waals surface area (Å²) in [6.45, 7) is 3.82. The third-order valence-corrected chi connectivity index (χ3v) is 1.55. The third kappa shape index (κ3) is 1.98. The number of nitrogens with zero attached hydrogens (tertiary/aromatic N) is 1. The molecular weight excluding hydrogens is 186 g/mol. The van der Waals surface area contributed by atoms with E-state index in [0.29, 0.717) is 6.54 Å². The summed E-state index contributed by atoms with van der Waals surface area (Å²) in [5, 5.41) is 13.2. The lowest BCUT2D eigenvalue weighted by Crippen LogP contribution is -2.14. The lowest BCUT2D eigenvalue weighted by Gasteiger charge is -2.02. The molecule has 0 radical (unpaired) electrons. The minimum atomic E-state index is -0.718. The highest BCUT2D eigenvalue weighted by Gasteiger charge is 2.17. The van der Waals surface area contributed by atoms with E-state index in [2.05, 4.69) is 16.9 Å². The summed E-state index contributed by atoms with van der Waals surface area (Å²) >= 11 is 0. The zero-order chi connectivity index (χ0) is 10.6. The number of aromatic amines is 1. The molecule has 1 aromatic heterocycles. The standard InChI is InChI=1S/C8H9N3O3/c1-2-4-9-6-3-5-10-8(12)7(6)11(13)14/h2-3,5H,1,4H2,(H2,9,10,12).